The normalized spacial score (nSPS) is 19.3. The first-order chi connectivity index (χ1) is 8.09. The second-order valence-electron chi connectivity index (χ2n) is 5.13. The van der Waals surface area contributed by atoms with Crippen molar-refractivity contribution < 1.29 is 4.39 Å². The van der Waals surface area contributed by atoms with Gasteiger partial charge >= 0.3 is 0 Å². The Morgan fingerprint density at radius 2 is 1.94 bits per heavy atom. The average Bonchev–Trinajstić information content (AvgIpc) is 2.34. The molecule has 0 unspecified atom stereocenters. The fourth-order valence-corrected chi connectivity index (χ4v) is 3.21. The predicted octanol–water partition coefficient (Wildman–Crippen LogP) is 4.06. The van der Waals surface area contributed by atoms with Crippen LogP contribution in [0.3, 0.4) is 0 Å². The van der Waals surface area contributed by atoms with Gasteiger partial charge in [-0.15, -0.1) is 0 Å². The fourth-order valence-electron chi connectivity index (χ4n) is 2.86. The standard InChI is InChI=1S/C14H19BrFN/c1-10-7-13(16)11(8-12(10)15)14(9-17)5-3-2-4-6-14/h7-8H,2-6,9,17H2,1H3. The molecule has 0 saturated heterocycles. The highest BCUT2D eigenvalue weighted by molar-refractivity contribution is 9.10. The number of nitrogens with two attached hydrogens (primary N) is 1. The number of rotatable bonds is 2. The maximum absolute atomic E-state index is 14.2. The van der Waals surface area contributed by atoms with Crippen molar-refractivity contribution >= 4 is 15.9 Å². The lowest BCUT2D eigenvalue weighted by Gasteiger charge is -2.37. The lowest BCUT2D eigenvalue weighted by molar-refractivity contribution is 0.291. The molecule has 0 atom stereocenters. The molecule has 94 valence electrons. The molecule has 0 radical (unpaired) electrons. The molecule has 1 nitrogen and oxygen atoms in total. The molecule has 0 spiro atoms. The topological polar surface area (TPSA) is 26.0 Å². The molecule has 0 heterocycles. The summed E-state index contributed by atoms with van der Waals surface area (Å²) in [7, 11) is 0. The Bertz CT molecular complexity index is 411. The van der Waals surface area contributed by atoms with Crippen LogP contribution in [0, 0.1) is 12.7 Å². The highest BCUT2D eigenvalue weighted by Gasteiger charge is 2.35. The highest BCUT2D eigenvalue weighted by Crippen LogP contribution is 2.41. The zero-order chi connectivity index (χ0) is 12.5. The summed E-state index contributed by atoms with van der Waals surface area (Å²) >= 11 is 3.49. The van der Waals surface area contributed by atoms with E-state index in [0.717, 1.165) is 41.3 Å². The van der Waals surface area contributed by atoms with Gasteiger partial charge in [-0.05, 0) is 43.0 Å². The number of hydrogen-bond donors (Lipinski definition) is 1. The Labute approximate surface area is 111 Å². The van der Waals surface area contributed by atoms with Gasteiger partial charge in [0.25, 0.3) is 0 Å². The number of aryl methyl sites for hydroxylation is 1. The minimum absolute atomic E-state index is 0.0990. The summed E-state index contributed by atoms with van der Waals surface area (Å²) in [6, 6.07) is 3.55. The van der Waals surface area contributed by atoms with Gasteiger partial charge in [0.05, 0.1) is 0 Å². The summed E-state index contributed by atoms with van der Waals surface area (Å²) in [4.78, 5) is 0. The van der Waals surface area contributed by atoms with Crippen molar-refractivity contribution in [2.45, 2.75) is 44.4 Å². The molecule has 0 bridgehead atoms. The molecular weight excluding hydrogens is 281 g/mol. The van der Waals surface area contributed by atoms with E-state index in [9.17, 15) is 4.39 Å². The van der Waals surface area contributed by atoms with E-state index in [2.05, 4.69) is 15.9 Å². The third-order valence-electron chi connectivity index (χ3n) is 4.02. The van der Waals surface area contributed by atoms with Crippen LogP contribution in [0.4, 0.5) is 4.39 Å². The van der Waals surface area contributed by atoms with Gasteiger partial charge in [0, 0.05) is 16.4 Å². The molecule has 1 saturated carbocycles. The van der Waals surface area contributed by atoms with Crippen LogP contribution < -0.4 is 5.73 Å². The predicted molar refractivity (Wildman–Crippen MR) is 72.7 cm³/mol. The SMILES string of the molecule is Cc1cc(F)c(C2(CN)CCCCC2)cc1Br. The molecule has 1 aliphatic carbocycles. The maximum Gasteiger partial charge on any atom is 0.127 e. The first kappa shape index (κ1) is 13.0. The summed E-state index contributed by atoms with van der Waals surface area (Å²) in [5.74, 6) is -0.0990. The molecule has 1 fully saturated rings. The van der Waals surface area contributed by atoms with Crippen molar-refractivity contribution in [2.24, 2.45) is 5.73 Å². The number of halogens is 2. The average molecular weight is 300 g/mol. The Balaban J connectivity index is 2.46. The third kappa shape index (κ3) is 2.41. The molecule has 17 heavy (non-hydrogen) atoms. The molecular formula is C14H19BrFN. The van der Waals surface area contributed by atoms with Gasteiger partial charge in [0.1, 0.15) is 5.82 Å². The van der Waals surface area contributed by atoms with Crippen LogP contribution in [0.5, 0.6) is 0 Å². The molecule has 1 aromatic carbocycles. The lowest BCUT2D eigenvalue weighted by Crippen LogP contribution is -2.38. The number of benzene rings is 1. The summed E-state index contributed by atoms with van der Waals surface area (Å²) in [5, 5.41) is 0. The van der Waals surface area contributed by atoms with Crippen molar-refractivity contribution in [1.82, 2.24) is 0 Å². The van der Waals surface area contributed by atoms with Crippen molar-refractivity contribution in [3.8, 4) is 0 Å². The van der Waals surface area contributed by atoms with Crippen molar-refractivity contribution in [3.05, 3.63) is 33.5 Å². The van der Waals surface area contributed by atoms with Gasteiger partial charge in [0.2, 0.25) is 0 Å². The quantitative estimate of drug-likeness (QED) is 0.876. The van der Waals surface area contributed by atoms with E-state index in [1.54, 1.807) is 6.07 Å². The zero-order valence-corrected chi connectivity index (χ0v) is 11.8. The van der Waals surface area contributed by atoms with Gasteiger partial charge < -0.3 is 5.73 Å². The van der Waals surface area contributed by atoms with Crippen molar-refractivity contribution in [3.63, 3.8) is 0 Å². The minimum atomic E-state index is -0.140. The van der Waals surface area contributed by atoms with Crippen LogP contribution in [-0.2, 0) is 5.41 Å². The van der Waals surface area contributed by atoms with Crippen LogP contribution >= 0.6 is 15.9 Å². The van der Waals surface area contributed by atoms with Crippen LogP contribution in [0.2, 0.25) is 0 Å². The van der Waals surface area contributed by atoms with E-state index in [0.29, 0.717) is 6.54 Å². The molecule has 2 rings (SSSR count). The monoisotopic (exact) mass is 299 g/mol. The van der Waals surface area contributed by atoms with E-state index in [1.807, 2.05) is 13.0 Å². The van der Waals surface area contributed by atoms with E-state index in [1.165, 1.54) is 6.42 Å². The molecule has 0 aromatic heterocycles. The van der Waals surface area contributed by atoms with E-state index >= 15 is 0 Å². The Morgan fingerprint density at radius 3 is 2.53 bits per heavy atom. The molecule has 0 aliphatic heterocycles. The van der Waals surface area contributed by atoms with Crippen LogP contribution in [0.1, 0.15) is 43.2 Å². The Morgan fingerprint density at radius 1 is 1.29 bits per heavy atom. The summed E-state index contributed by atoms with van der Waals surface area (Å²) in [6.07, 6.45) is 5.58. The first-order valence-corrected chi connectivity index (χ1v) is 7.04. The molecule has 3 heteroatoms. The van der Waals surface area contributed by atoms with Gasteiger partial charge in [-0.2, -0.15) is 0 Å². The summed E-state index contributed by atoms with van der Waals surface area (Å²) < 4.78 is 15.1. The third-order valence-corrected chi connectivity index (χ3v) is 4.88. The second kappa shape index (κ2) is 5.07. The van der Waals surface area contributed by atoms with Gasteiger partial charge in [-0.3, -0.25) is 0 Å². The lowest BCUT2D eigenvalue weighted by atomic mass is 9.69. The Hall–Kier alpha value is -0.410. The summed E-state index contributed by atoms with van der Waals surface area (Å²) in [5.41, 5.74) is 7.55. The minimum Gasteiger partial charge on any atom is -0.330 e. The van der Waals surface area contributed by atoms with Crippen LogP contribution in [-0.4, -0.2) is 6.54 Å². The first-order valence-electron chi connectivity index (χ1n) is 6.25. The largest absolute Gasteiger partial charge is 0.330 e. The zero-order valence-electron chi connectivity index (χ0n) is 10.2. The maximum atomic E-state index is 14.2. The summed E-state index contributed by atoms with van der Waals surface area (Å²) in [6.45, 7) is 2.45. The van der Waals surface area contributed by atoms with E-state index in [-0.39, 0.29) is 11.2 Å². The van der Waals surface area contributed by atoms with E-state index < -0.39 is 0 Å². The number of hydrogen-bond acceptors (Lipinski definition) is 1. The van der Waals surface area contributed by atoms with Crippen LogP contribution in [0.15, 0.2) is 16.6 Å². The van der Waals surface area contributed by atoms with Crippen molar-refractivity contribution in [2.75, 3.05) is 6.54 Å². The van der Waals surface area contributed by atoms with E-state index in [4.69, 9.17) is 5.73 Å². The second-order valence-corrected chi connectivity index (χ2v) is 5.98. The van der Waals surface area contributed by atoms with Gasteiger partial charge in [0.15, 0.2) is 0 Å². The highest BCUT2D eigenvalue weighted by atomic mass is 79.9. The van der Waals surface area contributed by atoms with Gasteiger partial charge in [-0.1, -0.05) is 35.2 Å². The Kier molecular flexibility index (Phi) is 3.88. The molecule has 1 aliphatic rings. The molecule has 2 N–H and O–H groups in total. The van der Waals surface area contributed by atoms with Crippen molar-refractivity contribution in [1.29, 1.82) is 0 Å². The molecule has 0 amide bonds. The van der Waals surface area contributed by atoms with Gasteiger partial charge in [-0.25, -0.2) is 4.39 Å². The smallest absolute Gasteiger partial charge is 0.127 e. The molecule has 1 aromatic rings. The fraction of sp³-hybridized carbons (Fsp3) is 0.571. The van der Waals surface area contributed by atoms with Crippen LogP contribution in [0.25, 0.3) is 0 Å².